The number of hydrogen-bond acceptors (Lipinski definition) is 8. The zero-order valence-corrected chi connectivity index (χ0v) is 26.3. The number of fused-ring (bicyclic) bond motifs is 1. The second-order valence-corrected chi connectivity index (χ2v) is 12.9. The number of aryl methyl sites for hydroxylation is 1. The Morgan fingerprint density at radius 1 is 1.04 bits per heavy atom. The smallest absolute Gasteiger partial charge is 0.370 e. The molecule has 3 aliphatic rings. The number of nitriles is 2. The fourth-order valence-electron chi connectivity index (χ4n) is 6.86. The summed E-state index contributed by atoms with van der Waals surface area (Å²) < 4.78 is 45.3. The molecule has 1 spiro atoms. The average molecular weight is 652 g/mol. The van der Waals surface area contributed by atoms with E-state index in [0.717, 1.165) is 32.4 Å². The lowest BCUT2D eigenvalue weighted by Crippen LogP contribution is -2.24. The van der Waals surface area contributed by atoms with Gasteiger partial charge in [0.05, 0.1) is 29.8 Å². The van der Waals surface area contributed by atoms with E-state index in [0.29, 0.717) is 70.8 Å². The van der Waals surface area contributed by atoms with Crippen molar-refractivity contribution >= 4 is 17.5 Å². The fraction of sp³-hybridized carbons (Fsp3) is 0.371. The molecule has 1 aliphatic carbocycles. The van der Waals surface area contributed by atoms with Crippen LogP contribution in [0.25, 0.3) is 22.5 Å². The predicted octanol–water partition coefficient (Wildman–Crippen LogP) is 6.30. The van der Waals surface area contributed by atoms with Crippen LogP contribution in [-0.4, -0.2) is 50.2 Å². The third kappa shape index (κ3) is 5.98. The minimum absolute atomic E-state index is 0.0298. The quantitative estimate of drug-likeness (QED) is 0.209. The molecule has 1 saturated heterocycles. The molecular formula is C35H32F3N9O. The SMILES string of the molecule is Cn1cnnc1-c1ccc(C#N)cc1-c1cc(NCCCC#N)nc(N2Cc3c(cc(CN4CCC5(CC5)C4)cc3C(F)(F)F)C2=O)c1. The van der Waals surface area contributed by atoms with Gasteiger partial charge >= 0.3 is 6.18 Å². The van der Waals surface area contributed by atoms with Gasteiger partial charge in [-0.25, -0.2) is 4.98 Å². The summed E-state index contributed by atoms with van der Waals surface area (Å²) >= 11 is 0. The lowest BCUT2D eigenvalue weighted by molar-refractivity contribution is -0.138. The predicted molar refractivity (Wildman–Crippen MR) is 171 cm³/mol. The molecule has 10 nitrogen and oxygen atoms in total. The van der Waals surface area contributed by atoms with E-state index in [1.54, 1.807) is 54.3 Å². The molecule has 0 atom stereocenters. The first kappa shape index (κ1) is 31.3. The van der Waals surface area contributed by atoms with Crippen LogP contribution in [0.15, 0.2) is 48.8 Å². The van der Waals surface area contributed by atoms with Crippen molar-refractivity contribution in [2.45, 2.75) is 51.4 Å². The van der Waals surface area contributed by atoms with Crippen molar-refractivity contribution in [2.24, 2.45) is 12.5 Å². The van der Waals surface area contributed by atoms with Gasteiger partial charge in [0.25, 0.3) is 5.91 Å². The van der Waals surface area contributed by atoms with E-state index in [2.05, 4.69) is 37.5 Å². The number of carbonyl (C=O) groups is 1. The first-order chi connectivity index (χ1) is 23.1. The van der Waals surface area contributed by atoms with Gasteiger partial charge in [-0.15, -0.1) is 10.2 Å². The Balaban J connectivity index is 1.29. The Morgan fingerprint density at radius 2 is 1.88 bits per heavy atom. The van der Waals surface area contributed by atoms with Crippen molar-refractivity contribution in [3.8, 4) is 34.7 Å². The molecule has 48 heavy (non-hydrogen) atoms. The summed E-state index contributed by atoms with van der Waals surface area (Å²) in [6.45, 7) is 2.18. The maximum absolute atomic E-state index is 14.5. The van der Waals surface area contributed by atoms with Gasteiger partial charge in [0, 0.05) is 44.2 Å². The highest BCUT2D eigenvalue weighted by Crippen LogP contribution is 2.53. The number of aromatic nitrogens is 4. The van der Waals surface area contributed by atoms with Gasteiger partial charge < -0.3 is 9.88 Å². The van der Waals surface area contributed by atoms with Crippen molar-refractivity contribution < 1.29 is 18.0 Å². The van der Waals surface area contributed by atoms with E-state index >= 15 is 0 Å². The van der Waals surface area contributed by atoms with Crippen LogP contribution in [0.2, 0.25) is 0 Å². The number of anilines is 2. The maximum Gasteiger partial charge on any atom is 0.416 e. The van der Waals surface area contributed by atoms with Crippen molar-refractivity contribution in [3.63, 3.8) is 0 Å². The third-order valence-electron chi connectivity index (χ3n) is 9.56. The summed E-state index contributed by atoms with van der Waals surface area (Å²) in [4.78, 5) is 22.2. The molecule has 2 aliphatic heterocycles. The molecule has 13 heteroatoms. The summed E-state index contributed by atoms with van der Waals surface area (Å²) in [5.74, 6) is 0.508. The number of rotatable bonds is 9. The summed E-state index contributed by atoms with van der Waals surface area (Å²) in [6.07, 6.45) is 1.15. The number of nitrogens with one attached hydrogen (secondary N) is 1. The van der Waals surface area contributed by atoms with Crippen LogP contribution in [0, 0.1) is 28.1 Å². The minimum Gasteiger partial charge on any atom is -0.370 e. The van der Waals surface area contributed by atoms with Gasteiger partial charge in [-0.1, -0.05) is 0 Å². The zero-order valence-electron chi connectivity index (χ0n) is 26.3. The molecule has 1 amide bonds. The van der Waals surface area contributed by atoms with Gasteiger partial charge in [-0.2, -0.15) is 23.7 Å². The van der Waals surface area contributed by atoms with Crippen LogP contribution in [0.3, 0.4) is 0 Å². The molecule has 2 fully saturated rings. The Labute approximate surface area is 275 Å². The van der Waals surface area contributed by atoms with Crippen molar-refractivity contribution in [1.82, 2.24) is 24.6 Å². The Bertz CT molecular complexity index is 2000. The fourth-order valence-corrected chi connectivity index (χ4v) is 6.86. The maximum atomic E-state index is 14.5. The normalized spacial score (nSPS) is 16.6. The van der Waals surface area contributed by atoms with Crippen LogP contribution in [0.1, 0.15) is 64.7 Å². The highest BCUT2D eigenvalue weighted by Gasteiger charge is 2.47. The van der Waals surface area contributed by atoms with Gasteiger partial charge in [-0.05, 0) is 102 Å². The molecule has 0 bridgehead atoms. The number of halogens is 3. The number of hydrogen-bond donors (Lipinski definition) is 1. The molecule has 0 unspecified atom stereocenters. The second kappa shape index (κ2) is 12.1. The minimum atomic E-state index is -4.65. The van der Waals surface area contributed by atoms with Crippen LogP contribution in [-0.2, 0) is 26.3 Å². The van der Waals surface area contributed by atoms with Crippen molar-refractivity contribution in [3.05, 3.63) is 76.6 Å². The van der Waals surface area contributed by atoms with Crippen LogP contribution in [0.4, 0.5) is 24.8 Å². The van der Waals surface area contributed by atoms with Gasteiger partial charge in [0.2, 0.25) is 0 Å². The van der Waals surface area contributed by atoms with Crippen molar-refractivity contribution in [2.75, 3.05) is 29.9 Å². The molecule has 2 aromatic carbocycles. The van der Waals surface area contributed by atoms with E-state index in [9.17, 15) is 23.2 Å². The molecule has 4 heterocycles. The number of pyridine rings is 1. The summed E-state index contributed by atoms with van der Waals surface area (Å²) in [5, 5.41) is 30.1. The highest BCUT2D eigenvalue weighted by atomic mass is 19.4. The number of unbranched alkanes of at least 4 members (excludes halogenated alkanes) is 1. The van der Waals surface area contributed by atoms with Crippen LogP contribution in [0.5, 0.6) is 0 Å². The number of amides is 1. The number of alkyl halides is 3. The standard InChI is InChI=1S/C35H32F3N9O/c1-45-21-42-44-32(45)25-5-4-22(17-40)12-26(25)24-15-30(41-10-3-2-9-39)43-31(16-24)47-19-28-27(33(47)48)13-23(14-29(28)35(36,37)38)18-46-11-8-34(20-46)6-7-34/h4-5,12-16,21H,2-3,6-8,10-11,18-20H2,1H3,(H,41,43). The zero-order chi connectivity index (χ0) is 33.6. The summed E-state index contributed by atoms with van der Waals surface area (Å²) in [6, 6.07) is 15.6. The lowest BCUT2D eigenvalue weighted by Gasteiger charge is -2.19. The van der Waals surface area contributed by atoms with Crippen LogP contribution >= 0.6 is 0 Å². The van der Waals surface area contributed by atoms with Gasteiger partial charge in [0.15, 0.2) is 5.82 Å². The monoisotopic (exact) mass is 651 g/mol. The van der Waals surface area contributed by atoms with Crippen molar-refractivity contribution in [1.29, 1.82) is 10.5 Å². The first-order valence-corrected chi connectivity index (χ1v) is 15.9. The molecule has 0 radical (unpaired) electrons. The van der Waals surface area contributed by atoms with E-state index < -0.39 is 17.6 Å². The number of benzene rings is 2. The molecule has 4 aromatic rings. The molecule has 1 saturated carbocycles. The highest BCUT2D eigenvalue weighted by molar-refractivity contribution is 6.10. The lowest BCUT2D eigenvalue weighted by atomic mass is 9.97. The average Bonchev–Trinajstić information content (AvgIpc) is 3.32. The van der Waals surface area contributed by atoms with E-state index in [-0.39, 0.29) is 23.5 Å². The number of carbonyl (C=O) groups excluding carboxylic acids is 1. The molecule has 244 valence electrons. The van der Waals surface area contributed by atoms with E-state index in [4.69, 9.17) is 5.26 Å². The van der Waals surface area contributed by atoms with E-state index in [1.165, 1.54) is 11.0 Å². The van der Waals surface area contributed by atoms with Gasteiger partial charge in [-0.3, -0.25) is 14.6 Å². The number of likely N-dealkylation sites (tertiary alicyclic amines) is 1. The topological polar surface area (TPSA) is 127 Å². The Morgan fingerprint density at radius 3 is 2.56 bits per heavy atom. The molecule has 2 aromatic heterocycles. The van der Waals surface area contributed by atoms with Crippen LogP contribution < -0.4 is 10.2 Å². The number of nitrogens with zero attached hydrogens (tertiary/aromatic N) is 8. The Kier molecular flexibility index (Phi) is 7.88. The molecule has 7 rings (SSSR count). The second-order valence-electron chi connectivity index (χ2n) is 12.9. The third-order valence-corrected chi connectivity index (χ3v) is 9.56. The first-order valence-electron chi connectivity index (χ1n) is 15.9. The van der Waals surface area contributed by atoms with E-state index in [1.807, 2.05) is 0 Å². The molecule has 1 N–H and O–H groups in total. The molecular weight excluding hydrogens is 619 g/mol. The summed E-state index contributed by atoms with van der Waals surface area (Å²) in [7, 11) is 1.79. The van der Waals surface area contributed by atoms with Gasteiger partial charge in [0.1, 0.15) is 18.0 Å². The summed E-state index contributed by atoms with van der Waals surface area (Å²) in [5.41, 5.74) is 2.18. The largest absolute Gasteiger partial charge is 0.416 e. The Hall–Kier alpha value is -5.27.